The first-order chi connectivity index (χ1) is 8.80. The maximum Gasteiger partial charge on any atom is 0.128 e. The number of anilines is 2. The van der Waals surface area contributed by atoms with Gasteiger partial charge in [0.2, 0.25) is 0 Å². The zero-order valence-corrected chi connectivity index (χ0v) is 11.4. The molecular weight excluding hydrogens is 226 g/mol. The summed E-state index contributed by atoms with van der Waals surface area (Å²) in [4.78, 5) is 4.49. The van der Waals surface area contributed by atoms with Crippen LogP contribution in [0.3, 0.4) is 0 Å². The van der Waals surface area contributed by atoms with E-state index in [0.717, 1.165) is 44.0 Å². The van der Waals surface area contributed by atoms with Gasteiger partial charge in [-0.3, -0.25) is 0 Å². The number of nitrogens with zero attached hydrogens (tertiary/aromatic N) is 1. The SMILES string of the molecule is CCCNc1cccc(NCC(CC)CCO)n1. The smallest absolute Gasteiger partial charge is 0.128 e. The van der Waals surface area contributed by atoms with Gasteiger partial charge in [-0.1, -0.05) is 26.3 Å². The van der Waals surface area contributed by atoms with E-state index in [1.165, 1.54) is 0 Å². The molecule has 0 spiro atoms. The first-order valence-electron chi connectivity index (χ1n) is 6.85. The molecule has 0 aliphatic rings. The largest absolute Gasteiger partial charge is 0.396 e. The first-order valence-corrected chi connectivity index (χ1v) is 6.85. The third-order valence-corrected chi connectivity index (χ3v) is 2.99. The molecule has 0 aromatic carbocycles. The van der Waals surface area contributed by atoms with Crippen molar-refractivity contribution in [1.82, 2.24) is 4.98 Å². The molecule has 0 bridgehead atoms. The fourth-order valence-electron chi connectivity index (χ4n) is 1.77. The lowest BCUT2D eigenvalue weighted by molar-refractivity contribution is 0.258. The van der Waals surface area contributed by atoms with E-state index in [2.05, 4.69) is 29.5 Å². The van der Waals surface area contributed by atoms with Gasteiger partial charge >= 0.3 is 0 Å². The van der Waals surface area contributed by atoms with Crippen LogP contribution in [-0.2, 0) is 0 Å². The van der Waals surface area contributed by atoms with Gasteiger partial charge in [0, 0.05) is 19.7 Å². The summed E-state index contributed by atoms with van der Waals surface area (Å²) in [6.45, 7) is 6.34. The van der Waals surface area contributed by atoms with Gasteiger partial charge in [-0.2, -0.15) is 0 Å². The van der Waals surface area contributed by atoms with E-state index in [-0.39, 0.29) is 6.61 Å². The van der Waals surface area contributed by atoms with E-state index < -0.39 is 0 Å². The van der Waals surface area contributed by atoms with Gasteiger partial charge in [-0.15, -0.1) is 0 Å². The Morgan fingerprint density at radius 1 is 1.22 bits per heavy atom. The number of aromatic nitrogens is 1. The molecule has 1 atom stereocenters. The number of pyridine rings is 1. The molecule has 0 saturated heterocycles. The highest BCUT2D eigenvalue weighted by molar-refractivity contribution is 5.45. The van der Waals surface area contributed by atoms with E-state index >= 15 is 0 Å². The summed E-state index contributed by atoms with van der Waals surface area (Å²) >= 11 is 0. The van der Waals surface area contributed by atoms with Crippen LogP contribution in [0.15, 0.2) is 18.2 Å². The van der Waals surface area contributed by atoms with Crippen LogP contribution in [0.2, 0.25) is 0 Å². The van der Waals surface area contributed by atoms with Gasteiger partial charge in [0.05, 0.1) is 0 Å². The molecule has 1 heterocycles. The zero-order chi connectivity index (χ0) is 13.2. The number of rotatable bonds is 9. The quantitative estimate of drug-likeness (QED) is 0.631. The van der Waals surface area contributed by atoms with Crippen LogP contribution in [0.1, 0.15) is 33.1 Å². The first kappa shape index (κ1) is 14.8. The topological polar surface area (TPSA) is 57.2 Å². The molecule has 18 heavy (non-hydrogen) atoms. The molecule has 0 aliphatic carbocycles. The number of nitrogens with one attached hydrogen (secondary N) is 2. The summed E-state index contributed by atoms with van der Waals surface area (Å²) in [7, 11) is 0. The minimum absolute atomic E-state index is 0.256. The van der Waals surface area contributed by atoms with Gasteiger partial charge in [0.1, 0.15) is 11.6 Å². The second kappa shape index (κ2) is 8.75. The molecule has 4 heteroatoms. The Hall–Kier alpha value is -1.29. The average molecular weight is 251 g/mol. The molecular formula is C14H25N3O. The van der Waals surface area contributed by atoms with E-state index in [4.69, 9.17) is 5.11 Å². The van der Waals surface area contributed by atoms with Crippen molar-refractivity contribution >= 4 is 11.6 Å². The van der Waals surface area contributed by atoms with Crippen molar-refractivity contribution in [3.63, 3.8) is 0 Å². The Morgan fingerprint density at radius 2 is 1.94 bits per heavy atom. The minimum Gasteiger partial charge on any atom is -0.396 e. The Kier molecular flexibility index (Phi) is 7.18. The number of hydrogen-bond acceptors (Lipinski definition) is 4. The summed E-state index contributed by atoms with van der Waals surface area (Å²) in [6.07, 6.45) is 3.01. The van der Waals surface area contributed by atoms with Crippen molar-refractivity contribution in [3.05, 3.63) is 18.2 Å². The number of aliphatic hydroxyl groups is 1. The molecule has 102 valence electrons. The Bertz CT molecular complexity index is 331. The third kappa shape index (κ3) is 5.36. The predicted octanol–water partition coefficient (Wildman–Crippen LogP) is 2.72. The maximum absolute atomic E-state index is 8.95. The monoisotopic (exact) mass is 251 g/mol. The van der Waals surface area contributed by atoms with Gasteiger partial charge in [0.15, 0.2) is 0 Å². The van der Waals surface area contributed by atoms with Crippen LogP contribution in [0.5, 0.6) is 0 Å². The van der Waals surface area contributed by atoms with Crippen molar-refractivity contribution in [2.45, 2.75) is 33.1 Å². The highest BCUT2D eigenvalue weighted by Crippen LogP contribution is 2.12. The predicted molar refractivity (Wildman–Crippen MR) is 77.0 cm³/mol. The third-order valence-electron chi connectivity index (χ3n) is 2.99. The molecule has 1 aromatic rings. The Labute approximate surface area is 110 Å². The average Bonchev–Trinajstić information content (AvgIpc) is 2.41. The molecule has 1 aromatic heterocycles. The Morgan fingerprint density at radius 3 is 2.56 bits per heavy atom. The van der Waals surface area contributed by atoms with Crippen molar-refractivity contribution in [2.75, 3.05) is 30.3 Å². The zero-order valence-electron chi connectivity index (χ0n) is 11.4. The lowest BCUT2D eigenvalue weighted by Crippen LogP contribution is -2.16. The van der Waals surface area contributed by atoms with Gasteiger partial charge < -0.3 is 15.7 Å². The highest BCUT2D eigenvalue weighted by atomic mass is 16.3. The maximum atomic E-state index is 8.95. The number of aliphatic hydroxyl groups excluding tert-OH is 1. The molecule has 1 unspecified atom stereocenters. The van der Waals surface area contributed by atoms with E-state index in [0.29, 0.717) is 5.92 Å². The van der Waals surface area contributed by atoms with Gasteiger partial charge in [0.25, 0.3) is 0 Å². The van der Waals surface area contributed by atoms with Crippen molar-refractivity contribution in [3.8, 4) is 0 Å². The van der Waals surface area contributed by atoms with Gasteiger partial charge in [-0.05, 0) is 30.9 Å². The lowest BCUT2D eigenvalue weighted by atomic mass is 10.0. The minimum atomic E-state index is 0.256. The van der Waals surface area contributed by atoms with Crippen LogP contribution in [0.4, 0.5) is 11.6 Å². The van der Waals surface area contributed by atoms with Gasteiger partial charge in [-0.25, -0.2) is 4.98 Å². The van der Waals surface area contributed by atoms with Crippen LogP contribution in [-0.4, -0.2) is 29.8 Å². The van der Waals surface area contributed by atoms with Crippen molar-refractivity contribution in [1.29, 1.82) is 0 Å². The molecule has 0 amide bonds. The summed E-state index contributed by atoms with van der Waals surface area (Å²) < 4.78 is 0. The summed E-state index contributed by atoms with van der Waals surface area (Å²) in [6, 6.07) is 5.95. The summed E-state index contributed by atoms with van der Waals surface area (Å²) in [5, 5.41) is 15.6. The molecule has 0 fully saturated rings. The molecule has 1 rings (SSSR count). The number of hydrogen-bond donors (Lipinski definition) is 3. The molecule has 4 nitrogen and oxygen atoms in total. The Balaban J connectivity index is 2.45. The second-order valence-corrected chi connectivity index (χ2v) is 4.50. The highest BCUT2D eigenvalue weighted by Gasteiger charge is 2.05. The fourth-order valence-corrected chi connectivity index (χ4v) is 1.77. The normalized spacial score (nSPS) is 12.2. The molecule has 0 saturated carbocycles. The van der Waals surface area contributed by atoms with Crippen molar-refractivity contribution in [2.24, 2.45) is 5.92 Å². The fraction of sp³-hybridized carbons (Fsp3) is 0.643. The second-order valence-electron chi connectivity index (χ2n) is 4.50. The molecule has 0 radical (unpaired) electrons. The van der Waals surface area contributed by atoms with Crippen molar-refractivity contribution < 1.29 is 5.11 Å². The summed E-state index contributed by atoms with van der Waals surface area (Å²) in [5.41, 5.74) is 0. The molecule has 0 aliphatic heterocycles. The summed E-state index contributed by atoms with van der Waals surface area (Å²) in [5.74, 6) is 2.31. The van der Waals surface area contributed by atoms with Crippen LogP contribution >= 0.6 is 0 Å². The standard InChI is InChI=1S/C14H25N3O/c1-3-9-15-13-6-5-7-14(17-13)16-11-12(4-2)8-10-18/h5-7,12,18H,3-4,8-11H2,1-2H3,(H2,15,16,17). The van der Waals surface area contributed by atoms with Crippen LogP contribution in [0.25, 0.3) is 0 Å². The lowest BCUT2D eigenvalue weighted by Gasteiger charge is -2.15. The van der Waals surface area contributed by atoms with E-state index in [1.54, 1.807) is 0 Å². The van der Waals surface area contributed by atoms with E-state index in [1.807, 2.05) is 18.2 Å². The van der Waals surface area contributed by atoms with Crippen LogP contribution < -0.4 is 10.6 Å². The molecule has 3 N–H and O–H groups in total. The van der Waals surface area contributed by atoms with E-state index in [9.17, 15) is 0 Å². The van der Waals surface area contributed by atoms with Crippen LogP contribution in [0, 0.1) is 5.92 Å².